The van der Waals surface area contributed by atoms with Gasteiger partial charge in [0.1, 0.15) is 17.6 Å². The third-order valence-electron chi connectivity index (χ3n) is 8.50. The number of carbonyl (C=O) groups excluding carboxylic acids is 2. The molecule has 5 rings (SSSR count). The Bertz CT molecular complexity index is 1320. The molecule has 0 amide bonds. The van der Waals surface area contributed by atoms with Crippen LogP contribution in [0.4, 0.5) is 0 Å². The van der Waals surface area contributed by atoms with Gasteiger partial charge in [-0.05, 0) is 45.1 Å². The highest BCUT2D eigenvalue weighted by Gasteiger charge is 2.49. The molecule has 2 aromatic carbocycles. The van der Waals surface area contributed by atoms with Gasteiger partial charge in [0.05, 0.1) is 42.1 Å². The molecule has 3 aliphatic rings. The van der Waals surface area contributed by atoms with Gasteiger partial charge in [-0.25, -0.2) is 0 Å². The van der Waals surface area contributed by atoms with E-state index in [-0.39, 0.29) is 52.5 Å². The van der Waals surface area contributed by atoms with Crippen LogP contribution in [0.25, 0.3) is 0 Å². The fraction of sp³-hybridized carbons (Fsp3) is 0.517. The summed E-state index contributed by atoms with van der Waals surface area (Å²) in [6.45, 7) is 3.45. The molecule has 1 heterocycles. The van der Waals surface area contributed by atoms with Crippen LogP contribution in [0.2, 0.25) is 0 Å². The van der Waals surface area contributed by atoms with Crippen LogP contribution in [0.5, 0.6) is 11.5 Å². The summed E-state index contributed by atoms with van der Waals surface area (Å²) < 4.78 is 17.6. The second-order valence-electron chi connectivity index (χ2n) is 10.9. The topological polar surface area (TPSA) is 146 Å². The second kappa shape index (κ2) is 9.96. The van der Waals surface area contributed by atoms with Crippen LogP contribution in [0.3, 0.4) is 0 Å². The zero-order chi connectivity index (χ0) is 28.4. The third-order valence-corrected chi connectivity index (χ3v) is 8.50. The number of phenols is 1. The number of aliphatic hydroxyl groups excluding tert-OH is 2. The van der Waals surface area contributed by atoms with Crippen molar-refractivity contribution in [2.24, 2.45) is 0 Å². The molecule has 7 atom stereocenters. The Hall–Kier alpha value is -2.86. The molecule has 10 nitrogen and oxygen atoms in total. The van der Waals surface area contributed by atoms with Crippen molar-refractivity contribution < 1.29 is 44.2 Å². The molecule has 210 valence electrons. The number of rotatable bonds is 5. The maximum absolute atomic E-state index is 13.7. The van der Waals surface area contributed by atoms with E-state index in [0.717, 1.165) is 0 Å². The molecule has 2 aliphatic carbocycles. The Kier molecular flexibility index (Phi) is 7.07. The average molecular weight is 542 g/mol. The number of aliphatic hydroxyl groups is 3. The predicted molar refractivity (Wildman–Crippen MR) is 139 cm³/mol. The Labute approximate surface area is 226 Å². The number of hydrogen-bond acceptors (Lipinski definition) is 10. The highest BCUT2D eigenvalue weighted by atomic mass is 16.7. The summed E-state index contributed by atoms with van der Waals surface area (Å²) in [7, 11) is 5.11. The van der Waals surface area contributed by atoms with E-state index in [1.165, 1.54) is 19.2 Å². The number of nitrogens with zero attached hydrogens (tertiary/aromatic N) is 1. The minimum atomic E-state index is -1.67. The summed E-state index contributed by atoms with van der Waals surface area (Å²) in [5, 5.41) is 44.7. The van der Waals surface area contributed by atoms with E-state index >= 15 is 0 Å². The van der Waals surface area contributed by atoms with Crippen molar-refractivity contribution in [3.8, 4) is 11.5 Å². The molecule has 0 spiro atoms. The van der Waals surface area contributed by atoms with E-state index in [9.17, 15) is 30.0 Å². The SMILES string of the molecule is CC[C@@]1(O)C[C@H](O[C@H]2C[C@H](N(C)C)[C@H](O)[C@H](C)O2)c2cc3c(c(O)c2C1O)C(=O)c1cccc(OC)c1C3=O. The van der Waals surface area contributed by atoms with Gasteiger partial charge in [-0.3, -0.25) is 9.59 Å². The van der Waals surface area contributed by atoms with Gasteiger partial charge in [0.25, 0.3) is 0 Å². The first-order chi connectivity index (χ1) is 18.4. The van der Waals surface area contributed by atoms with Crippen LogP contribution in [0, 0.1) is 0 Å². The summed E-state index contributed by atoms with van der Waals surface area (Å²) in [4.78, 5) is 29.1. The van der Waals surface area contributed by atoms with Crippen LogP contribution in [-0.4, -0.2) is 88.2 Å². The van der Waals surface area contributed by atoms with Crippen LogP contribution < -0.4 is 4.74 Å². The highest BCUT2D eigenvalue weighted by Crippen LogP contribution is 2.52. The predicted octanol–water partition coefficient (Wildman–Crippen LogP) is 2.24. The van der Waals surface area contributed by atoms with Crippen molar-refractivity contribution in [3.05, 3.63) is 57.6 Å². The van der Waals surface area contributed by atoms with Gasteiger partial charge in [-0.15, -0.1) is 0 Å². The van der Waals surface area contributed by atoms with Crippen LogP contribution in [0.1, 0.15) is 88.3 Å². The largest absolute Gasteiger partial charge is 0.507 e. The molecule has 39 heavy (non-hydrogen) atoms. The van der Waals surface area contributed by atoms with Crippen LogP contribution in [-0.2, 0) is 9.47 Å². The maximum atomic E-state index is 13.7. The van der Waals surface area contributed by atoms with Gasteiger partial charge in [0.15, 0.2) is 17.9 Å². The fourth-order valence-corrected chi connectivity index (χ4v) is 6.14. The van der Waals surface area contributed by atoms with Gasteiger partial charge in [0.2, 0.25) is 0 Å². The summed E-state index contributed by atoms with van der Waals surface area (Å²) in [5.41, 5.74) is -1.50. The maximum Gasteiger partial charge on any atom is 0.198 e. The van der Waals surface area contributed by atoms with E-state index in [2.05, 4.69) is 0 Å². The lowest BCUT2D eigenvalue weighted by molar-refractivity contribution is -0.261. The highest BCUT2D eigenvalue weighted by molar-refractivity contribution is 6.30. The number of aromatic hydroxyl groups is 1. The standard InChI is InChI=1S/C29H35NO9/c1-6-29(36)12-19(39-20-11-17(30(3)4)24(31)13(2)38-20)15-10-16-22(27(34)23(15)28(29)35)25(32)14-8-7-9-18(37-5)21(14)26(16)33/h7-10,13,17,19-20,24,28,31,34-36H,6,11-12H2,1-5H3/t13-,17-,19-,20-,24+,28?,29+/m0/s1. The van der Waals surface area contributed by atoms with Crippen molar-refractivity contribution in [2.75, 3.05) is 21.2 Å². The van der Waals surface area contributed by atoms with E-state index in [1.54, 1.807) is 26.0 Å². The first-order valence-electron chi connectivity index (χ1n) is 13.2. The molecule has 0 radical (unpaired) electrons. The normalized spacial score (nSPS) is 32.0. The van der Waals surface area contributed by atoms with Crippen LogP contribution >= 0.6 is 0 Å². The average Bonchev–Trinajstić information content (AvgIpc) is 2.91. The minimum Gasteiger partial charge on any atom is -0.507 e. The third kappa shape index (κ3) is 4.26. The fourth-order valence-electron chi connectivity index (χ4n) is 6.14. The van der Waals surface area contributed by atoms with E-state index < -0.39 is 53.6 Å². The molecule has 4 N–H and O–H groups in total. The molecule has 2 aromatic rings. The van der Waals surface area contributed by atoms with Gasteiger partial charge in [-0.2, -0.15) is 0 Å². The molecular formula is C29H35NO9. The molecule has 0 bridgehead atoms. The second-order valence-corrected chi connectivity index (χ2v) is 10.9. The number of benzene rings is 2. The monoisotopic (exact) mass is 541 g/mol. The molecule has 0 aromatic heterocycles. The zero-order valence-corrected chi connectivity index (χ0v) is 22.7. The molecule has 10 heteroatoms. The molecule has 1 aliphatic heterocycles. The molecule has 0 saturated carbocycles. The van der Waals surface area contributed by atoms with E-state index in [0.29, 0.717) is 12.0 Å². The van der Waals surface area contributed by atoms with Gasteiger partial charge in [-0.1, -0.05) is 19.1 Å². The first-order valence-corrected chi connectivity index (χ1v) is 13.2. The molecule has 1 unspecified atom stereocenters. The van der Waals surface area contributed by atoms with Crippen molar-refractivity contribution in [3.63, 3.8) is 0 Å². The van der Waals surface area contributed by atoms with Gasteiger partial charge >= 0.3 is 0 Å². The van der Waals surface area contributed by atoms with Crippen LogP contribution in [0.15, 0.2) is 24.3 Å². The van der Waals surface area contributed by atoms with E-state index in [4.69, 9.17) is 14.2 Å². The summed E-state index contributed by atoms with van der Waals surface area (Å²) >= 11 is 0. The zero-order valence-electron chi connectivity index (χ0n) is 22.7. The number of hydrogen-bond donors (Lipinski definition) is 4. The summed E-state index contributed by atoms with van der Waals surface area (Å²) in [5.74, 6) is -1.40. The number of ether oxygens (including phenoxy) is 3. The summed E-state index contributed by atoms with van der Waals surface area (Å²) in [6.07, 6.45) is -4.03. The van der Waals surface area contributed by atoms with Gasteiger partial charge < -0.3 is 39.5 Å². The van der Waals surface area contributed by atoms with Crippen molar-refractivity contribution >= 4 is 11.6 Å². The number of ketones is 2. The number of methoxy groups -OCH3 is 1. The van der Waals surface area contributed by atoms with Crippen molar-refractivity contribution in [2.45, 2.75) is 75.5 Å². The van der Waals surface area contributed by atoms with Crippen molar-refractivity contribution in [1.82, 2.24) is 4.90 Å². The minimum absolute atomic E-state index is 0.0319. The number of carbonyl (C=O) groups is 2. The lowest BCUT2D eigenvalue weighted by Gasteiger charge is -2.45. The van der Waals surface area contributed by atoms with E-state index in [1.807, 2.05) is 19.0 Å². The Morgan fingerprint density at radius 1 is 1.13 bits per heavy atom. The molecule has 1 fully saturated rings. The number of likely N-dealkylation sites (N-methyl/N-ethyl adjacent to an activating group) is 1. The Morgan fingerprint density at radius 3 is 2.46 bits per heavy atom. The summed E-state index contributed by atoms with van der Waals surface area (Å²) in [6, 6.07) is 5.87. The van der Waals surface area contributed by atoms with Gasteiger partial charge in [0, 0.05) is 35.6 Å². The number of fused-ring (bicyclic) bond motifs is 3. The quantitative estimate of drug-likeness (QED) is 0.379. The Balaban J connectivity index is 1.63. The smallest absolute Gasteiger partial charge is 0.198 e. The number of phenolic OH excluding ortho intramolecular Hbond substituents is 1. The Morgan fingerprint density at radius 2 is 1.82 bits per heavy atom. The van der Waals surface area contributed by atoms with Crippen molar-refractivity contribution in [1.29, 1.82) is 0 Å². The lowest BCUT2D eigenvalue weighted by Crippen LogP contribution is -2.54. The molecule has 1 saturated heterocycles. The lowest BCUT2D eigenvalue weighted by atomic mass is 9.71. The molecular weight excluding hydrogens is 506 g/mol. The first kappa shape index (κ1) is 27.7.